The highest BCUT2D eigenvalue weighted by Crippen LogP contribution is 2.39. The van der Waals surface area contributed by atoms with Gasteiger partial charge in [0.15, 0.2) is 16.7 Å². The summed E-state index contributed by atoms with van der Waals surface area (Å²) < 4.78 is 11.2. The molecule has 29 heavy (non-hydrogen) atoms. The van der Waals surface area contributed by atoms with Crippen molar-refractivity contribution in [1.29, 1.82) is 0 Å². The van der Waals surface area contributed by atoms with Gasteiger partial charge in [0, 0.05) is 17.5 Å². The number of nitrogens with zero attached hydrogens (tertiary/aromatic N) is 1. The molecule has 0 atom stereocenters. The molecule has 0 aromatic heterocycles. The molecule has 0 unspecified atom stereocenters. The molecule has 1 aliphatic heterocycles. The van der Waals surface area contributed by atoms with E-state index in [9.17, 15) is 9.59 Å². The molecule has 2 amide bonds. The maximum absolute atomic E-state index is 12.0. The summed E-state index contributed by atoms with van der Waals surface area (Å²) in [5, 5.41) is 3.65. The van der Waals surface area contributed by atoms with E-state index in [0.717, 1.165) is 17.3 Å². The van der Waals surface area contributed by atoms with Gasteiger partial charge in [-0.3, -0.25) is 9.59 Å². The molecule has 0 fully saturated rings. The predicted molar refractivity (Wildman–Crippen MR) is 116 cm³/mol. The number of hydrogen-bond acceptors (Lipinski definition) is 5. The Morgan fingerprint density at radius 1 is 1.24 bits per heavy atom. The SMILES string of the molecule is COc1cc(/C=C2\SC(NC(C)=O)=NC2=O)cc(Cl)c1OCc1ccccc1Cl. The van der Waals surface area contributed by atoms with Crippen LogP contribution in [0, 0.1) is 0 Å². The molecule has 0 saturated carbocycles. The van der Waals surface area contributed by atoms with Gasteiger partial charge in [-0.05, 0) is 41.6 Å². The largest absolute Gasteiger partial charge is 0.493 e. The van der Waals surface area contributed by atoms with E-state index in [4.69, 9.17) is 32.7 Å². The van der Waals surface area contributed by atoms with Gasteiger partial charge in [0.05, 0.1) is 17.0 Å². The Morgan fingerprint density at radius 2 is 2.00 bits per heavy atom. The zero-order valence-electron chi connectivity index (χ0n) is 15.5. The first-order valence-electron chi connectivity index (χ1n) is 8.41. The van der Waals surface area contributed by atoms with E-state index in [1.54, 1.807) is 24.3 Å². The average molecular weight is 451 g/mol. The number of hydrogen-bond donors (Lipinski definition) is 1. The molecule has 0 aliphatic carbocycles. The van der Waals surface area contributed by atoms with Gasteiger partial charge in [-0.2, -0.15) is 4.99 Å². The number of halogens is 2. The van der Waals surface area contributed by atoms with Crippen molar-refractivity contribution in [3.8, 4) is 11.5 Å². The lowest BCUT2D eigenvalue weighted by Gasteiger charge is -2.14. The van der Waals surface area contributed by atoms with Crippen molar-refractivity contribution in [3.63, 3.8) is 0 Å². The van der Waals surface area contributed by atoms with Crippen LogP contribution in [0.15, 0.2) is 46.3 Å². The lowest BCUT2D eigenvalue weighted by atomic mass is 10.1. The Kier molecular flexibility index (Phi) is 6.84. The standard InChI is InChI=1S/C20H16Cl2N2O4S/c1-11(25)23-20-24-19(26)17(29-20)9-12-7-15(22)18(16(8-12)27-2)28-10-13-5-3-4-6-14(13)21/h3-9H,10H2,1-2H3,(H,23,24,25,26)/b17-9-. The van der Waals surface area contributed by atoms with Crippen LogP contribution in [0.25, 0.3) is 6.08 Å². The Labute approximate surface area is 181 Å². The minimum atomic E-state index is -0.437. The van der Waals surface area contributed by atoms with Crippen LogP contribution < -0.4 is 14.8 Å². The molecule has 1 N–H and O–H groups in total. The van der Waals surface area contributed by atoms with E-state index in [1.807, 2.05) is 18.2 Å². The van der Waals surface area contributed by atoms with Crippen LogP contribution in [0.3, 0.4) is 0 Å². The predicted octanol–water partition coefficient (Wildman–Crippen LogP) is 4.69. The van der Waals surface area contributed by atoms with Crippen molar-refractivity contribution in [1.82, 2.24) is 5.32 Å². The van der Waals surface area contributed by atoms with Crippen molar-refractivity contribution in [2.24, 2.45) is 4.99 Å². The summed E-state index contributed by atoms with van der Waals surface area (Å²) in [5.41, 5.74) is 1.45. The third-order valence-electron chi connectivity index (χ3n) is 3.78. The van der Waals surface area contributed by atoms with E-state index in [2.05, 4.69) is 10.3 Å². The van der Waals surface area contributed by atoms with E-state index >= 15 is 0 Å². The first-order valence-corrected chi connectivity index (χ1v) is 9.98. The molecule has 0 spiro atoms. The number of benzene rings is 2. The second kappa shape index (κ2) is 9.35. The summed E-state index contributed by atoms with van der Waals surface area (Å²) in [7, 11) is 1.50. The van der Waals surface area contributed by atoms with Gasteiger partial charge < -0.3 is 14.8 Å². The number of aliphatic imine (C=N–C) groups is 1. The fraction of sp³-hybridized carbons (Fsp3) is 0.150. The Morgan fingerprint density at radius 3 is 2.69 bits per heavy atom. The van der Waals surface area contributed by atoms with Gasteiger partial charge in [-0.25, -0.2) is 0 Å². The Balaban J connectivity index is 1.81. The second-order valence-electron chi connectivity index (χ2n) is 5.93. The number of thioether (sulfide) groups is 1. The van der Waals surface area contributed by atoms with E-state index in [-0.39, 0.29) is 17.7 Å². The van der Waals surface area contributed by atoms with E-state index in [0.29, 0.717) is 32.0 Å². The first-order chi connectivity index (χ1) is 13.9. The van der Waals surface area contributed by atoms with Gasteiger partial charge in [0.25, 0.3) is 5.91 Å². The van der Waals surface area contributed by atoms with Crippen LogP contribution in [0.5, 0.6) is 11.5 Å². The molecule has 2 aromatic carbocycles. The number of amides is 2. The topological polar surface area (TPSA) is 77.0 Å². The Bertz CT molecular complexity index is 1040. The molecule has 3 rings (SSSR count). The molecule has 0 bridgehead atoms. The quantitative estimate of drug-likeness (QED) is 0.668. The van der Waals surface area contributed by atoms with Crippen LogP contribution in [0.4, 0.5) is 0 Å². The van der Waals surface area contributed by atoms with Crippen molar-refractivity contribution < 1.29 is 19.1 Å². The smallest absolute Gasteiger partial charge is 0.286 e. The number of carbonyl (C=O) groups is 2. The molecule has 0 saturated heterocycles. The number of ether oxygens (including phenoxy) is 2. The number of amidine groups is 1. The normalized spacial score (nSPS) is 14.7. The van der Waals surface area contributed by atoms with Gasteiger partial charge in [-0.1, -0.05) is 41.4 Å². The monoisotopic (exact) mass is 450 g/mol. The summed E-state index contributed by atoms with van der Waals surface area (Å²) in [6.45, 7) is 1.57. The fourth-order valence-electron chi connectivity index (χ4n) is 2.49. The van der Waals surface area contributed by atoms with Crippen LogP contribution in [-0.4, -0.2) is 24.1 Å². The number of methoxy groups -OCH3 is 1. The van der Waals surface area contributed by atoms with Crippen molar-refractivity contribution >= 4 is 58.0 Å². The number of carbonyl (C=O) groups excluding carboxylic acids is 2. The van der Waals surface area contributed by atoms with Crippen molar-refractivity contribution in [3.05, 3.63) is 62.5 Å². The maximum Gasteiger partial charge on any atom is 0.286 e. The first kappa shape index (κ1) is 21.2. The van der Waals surface area contributed by atoms with Crippen LogP contribution in [-0.2, 0) is 16.2 Å². The molecule has 6 nitrogen and oxygen atoms in total. The molecule has 1 heterocycles. The van der Waals surface area contributed by atoms with Gasteiger partial charge in [0.1, 0.15) is 6.61 Å². The average Bonchev–Trinajstić information content (AvgIpc) is 2.99. The maximum atomic E-state index is 12.0. The summed E-state index contributed by atoms with van der Waals surface area (Å²) >= 11 is 13.6. The highest BCUT2D eigenvalue weighted by molar-refractivity contribution is 8.18. The highest BCUT2D eigenvalue weighted by atomic mass is 35.5. The van der Waals surface area contributed by atoms with Gasteiger partial charge >= 0.3 is 0 Å². The lowest BCUT2D eigenvalue weighted by Crippen LogP contribution is -2.23. The van der Waals surface area contributed by atoms with Crippen LogP contribution in [0.2, 0.25) is 10.0 Å². The Hall–Kier alpha value is -2.48. The van der Waals surface area contributed by atoms with Gasteiger partial charge in [-0.15, -0.1) is 0 Å². The highest BCUT2D eigenvalue weighted by Gasteiger charge is 2.23. The summed E-state index contributed by atoms with van der Waals surface area (Å²) in [5.74, 6) is 0.0506. The van der Waals surface area contributed by atoms with Gasteiger partial charge in [0.2, 0.25) is 5.91 Å². The lowest BCUT2D eigenvalue weighted by molar-refractivity contribution is -0.117. The summed E-state index contributed by atoms with van der Waals surface area (Å²) in [6, 6.07) is 10.7. The molecular formula is C20H16Cl2N2O4S. The van der Waals surface area contributed by atoms with Crippen LogP contribution in [0.1, 0.15) is 18.1 Å². The summed E-state index contributed by atoms with van der Waals surface area (Å²) in [4.78, 5) is 27.3. The van der Waals surface area contributed by atoms with E-state index < -0.39 is 5.91 Å². The van der Waals surface area contributed by atoms with Crippen LogP contribution >= 0.6 is 35.0 Å². The fourth-order valence-corrected chi connectivity index (χ4v) is 3.82. The summed E-state index contributed by atoms with van der Waals surface area (Å²) in [6.07, 6.45) is 1.62. The number of rotatable bonds is 5. The van der Waals surface area contributed by atoms with E-state index in [1.165, 1.54) is 14.0 Å². The second-order valence-corrected chi connectivity index (χ2v) is 7.77. The molecule has 9 heteroatoms. The zero-order valence-corrected chi connectivity index (χ0v) is 17.8. The molecular weight excluding hydrogens is 435 g/mol. The minimum absolute atomic E-state index is 0.221. The molecule has 2 aromatic rings. The molecule has 0 radical (unpaired) electrons. The number of nitrogens with one attached hydrogen (secondary N) is 1. The third-order valence-corrected chi connectivity index (χ3v) is 5.33. The zero-order chi connectivity index (χ0) is 21.0. The molecule has 1 aliphatic rings. The van der Waals surface area contributed by atoms with Crippen molar-refractivity contribution in [2.75, 3.05) is 7.11 Å². The minimum Gasteiger partial charge on any atom is -0.493 e. The third kappa shape index (κ3) is 5.32. The molecule has 150 valence electrons. The van der Waals surface area contributed by atoms with Crippen molar-refractivity contribution in [2.45, 2.75) is 13.5 Å².